The lowest BCUT2D eigenvalue weighted by Crippen LogP contribution is -2.27. The van der Waals surface area contributed by atoms with Crippen molar-refractivity contribution in [2.45, 2.75) is 31.0 Å². The Bertz CT molecular complexity index is 1270. The van der Waals surface area contributed by atoms with Crippen LogP contribution in [0, 0.1) is 0 Å². The Morgan fingerprint density at radius 1 is 0.879 bits per heavy atom. The van der Waals surface area contributed by atoms with E-state index in [0.717, 1.165) is 29.1 Å². The van der Waals surface area contributed by atoms with Gasteiger partial charge < -0.3 is 10.6 Å². The highest BCUT2D eigenvalue weighted by molar-refractivity contribution is 6.31. The van der Waals surface area contributed by atoms with Crippen LogP contribution in [-0.4, -0.2) is 5.78 Å². The first-order valence-corrected chi connectivity index (χ1v) is 11.0. The zero-order valence-corrected chi connectivity index (χ0v) is 18.2. The smallest absolute Gasteiger partial charge is 0.372 e. The predicted molar refractivity (Wildman–Crippen MR) is 123 cm³/mol. The molecule has 0 radical (unpaired) electrons. The highest BCUT2D eigenvalue weighted by Gasteiger charge is 2.37. The molecule has 1 heterocycles. The van der Waals surface area contributed by atoms with Gasteiger partial charge in [-0.15, -0.1) is 0 Å². The monoisotopic (exact) mass is 468 g/mol. The number of carbonyl (C=O) groups excluding carboxylic acids is 1. The number of allylic oxidation sites excluding steroid dienone is 1. The summed E-state index contributed by atoms with van der Waals surface area (Å²) in [5.74, 6) is -0.235. The van der Waals surface area contributed by atoms with E-state index in [1.807, 2.05) is 42.5 Å². The van der Waals surface area contributed by atoms with Crippen LogP contribution in [0.3, 0.4) is 0 Å². The van der Waals surface area contributed by atoms with Gasteiger partial charge >= 0.3 is 6.18 Å². The van der Waals surface area contributed by atoms with Gasteiger partial charge in [-0.05, 0) is 53.8 Å². The lowest BCUT2D eigenvalue weighted by molar-refractivity contribution is -0.137. The summed E-state index contributed by atoms with van der Waals surface area (Å²) >= 11 is 6.41. The number of hydrogen-bond donors (Lipinski definition) is 2. The lowest BCUT2D eigenvalue weighted by Gasteiger charge is -2.30. The number of halogens is 4. The van der Waals surface area contributed by atoms with E-state index in [9.17, 15) is 18.0 Å². The number of nitrogens with one attached hydrogen (secondary N) is 2. The summed E-state index contributed by atoms with van der Waals surface area (Å²) in [7, 11) is 0. The topological polar surface area (TPSA) is 41.1 Å². The van der Waals surface area contributed by atoms with Crippen molar-refractivity contribution in [1.29, 1.82) is 0 Å². The molecule has 3 aromatic rings. The van der Waals surface area contributed by atoms with E-state index in [1.54, 1.807) is 12.1 Å². The Labute approximate surface area is 194 Å². The average Bonchev–Trinajstić information content (AvgIpc) is 2.96. The summed E-state index contributed by atoms with van der Waals surface area (Å²) in [5, 5.41) is 7.30. The Kier molecular flexibility index (Phi) is 5.41. The van der Waals surface area contributed by atoms with Gasteiger partial charge in [-0.1, -0.05) is 54.1 Å². The lowest BCUT2D eigenvalue weighted by atomic mass is 9.78. The summed E-state index contributed by atoms with van der Waals surface area (Å²) < 4.78 is 40.2. The number of rotatable bonds is 2. The number of fused-ring (bicyclic) bond motifs is 1. The molecule has 2 aliphatic rings. The molecule has 7 heteroatoms. The summed E-state index contributed by atoms with van der Waals surface area (Å²) in [5.41, 5.74) is 3.20. The summed E-state index contributed by atoms with van der Waals surface area (Å²) in [6, 6.07) is 19.3. The normalized spacial score (nSPS) is 20.3. The SMILES string of the molecule is O=C1C[C@H](c2ccccc2Cl)CC2=C1[C@H](c1cccc(C(F)(F)F)c1)Nc1ccccc1N2. The minimum absolute atomic E-state index is 0.114. The fourth-order valence-electron chi connectivity index (χ4n) is 4.66. The van der Waals surface area contributed by atoms with Crippen LogP contribution in [0.25, 0.3) is 0 Å². The molecule has 3 nitrogen and oxygen atoms in total. The van der Waals surface area contributed by atoms with Crippen molar-refractivity contribution in [1.82, 2.24) is 0 Å². The molecule has 0 amide bonds. The second-order valence-corrected chi connectivity index (χ2v) is 8.72. The molecular formula is C26H20ClF3N2O. The number of para-hydroxylation sites is 2. The third-order valence-electron chi connectivity index (χ3n) is 6.20. The summed E-state index contributed by atoms with van der Waals surface area (Å²) in [4.78, 5) is 13.5. The first kappa shape index (κ1) is 21.6. The molecule has 1 aliphatic carbocycles. The first-order chi connectivity index (χ1) is 15.8. The third-order valence-corrected chi connectivity index (χ3v) is 6.55. The standard InChI is InChI=1S/C26H20ClF3N2O/c27-19-9-2-1-8-18(19)16-13-22-24(23(33)14-16)25(32-21-11-4-3-10-20(21)31-22)15-6-5-7-17(12-15)26(28,29)30/h1-12,16,25,31-32H,13-14H2/t16-,25+/m1/s1. The van der Waals surface area contributed by atoms with Crippen LogP contribution in [0.5, 0.6) is 0 Å². The van der Waals surface area contributed by atoms with Gasteiger partial charge in [0, 0.05) is 22.7 Å². The van der Waals surface area contributed by atoms with Gasteiger partial charge in [-0.25, -0.2) is 0 Å². The molecule has 2 atom stereocenters. The Morgan fingerprint density at radius 3 is 2.36 bits per heavy atom. The van der Waals surface area contributed by atoms with Gasteiger partial charge in [-0.3, -0.25) is 4.79 Å². The summed E-state index contributed by atoms with van der Waals surface area (Å²) in [6.07, 6.45) is -3.71. The van der Waals surface area contributed by atoms with Gasteiger partial charge in [0.1, 0.15) is 0 Å². The maximum absolute atomic E-state index is 13.5. The molecule has 1 aliphatic heterocycles. The molecule has 0 unspecified atom stereocenters. The number of ketones is 1. The molecular weight excluding hydrogens is 449 g/mol. The minimum Gasteiger partial charge on any atom is -0.372 e. The van der Waals surface area contributed by atoms with E-state index < -0.39 is 17.8 Å². The molecule has 0 aromatic heterocycles. The molecule has 3 aromatic carbocycles. The number of carbonyl (C=O) groups is 1. The minimum atomic E-state index is -4.47. The van der Waals surface area contributed by atoms with E-state index in [1.165, 1.54) is 6.07 Å². The van der Waals surface area contributed by atoms with Crippen LogP contribution in [0.1, 0.15) is 41.5 Å². The quantitative estimate of drug-likeness (QED) is 0.413. The second kappa shape index (κ2) is 8.27. The molecule has 0 bridgehead atoms. The van der Waals surface area contributed by atoms with Gasteiger partial charge in [0.2, 0.25) is 0 Å². The fourth-order valence-corrected chi connectivity index (χ4v) is 4.95. The maximum atomic E-state index is 13.5. The molecule has 0 saturated carbocycles. The molecule has 0 fully saturated rings. The molecule has 0 saturated heterocycles. The number of Topliss-reactive ketones (excluding diaryl/α,β-unsaturated/α-hetero) is 1. The van der Waals surface area contributed by atoms with E-state index in [2.05, 4.69) is 10.6 Å². The molecule has 2 N–H and O–H groups in total. The van der Waals surface area contributed by atoms with Crippen molar-refractivity contribution in [3.8, 4) is 0 Å². The van der Waals surface area contributed by atoms with E-state index in [0.29, 0.717) is 28.3 Å². The Morgan fingerprint density at radius 2 is 1.61 bits per heavy atom. The van der Waals surface area contributed by atoms with Crippen molar-refractivity contribution in [3.05, 3.63) is 106 Å². The number of hydrogen-bond acceptors (Lipinski definition) is 3. The van der Waals surface area contributed by atoms with Crippen LogP contribution in [0.15, 0.2) is 84.1 Å². The Balaban J connectivity index is 1.63. The van der Waals surface area contributed by atoms with Crippen molar-refractivity contribution < 1.29 is 18.0 Å². The van der Waals surface area contributed by atoms with Crippen LogP contribution < -0.4 is 10.6 Å². The zero-order valence-electron chi connectivity index (χ0n) is 17.4. The van der Waals surface area contributed by atoms with Crippen molar-refractivity contribution >= 4 is 28.8 Å². The fraction of sp³-hybridized carbons (Fsp3) is 0.192. The average molecular weight is 469 g/mol. The van der Waals surface area contributed by atoms with E-state index in [-0.39, 0.29) is 18.1 Å². The van der Waals surface area contributed by atoms with Gasteiger partial charge in [-0.2, -0.15) is 13.2 Å². The van der Waals surface area contributed by atoms with E-state index in [4.69, 9.17) is 11.6 Å². The number of anilines is 2. The second-order valence-electron chi connectivity index (χ2n) is 8.31. The van der Waals surface area contributed by atoms with Crippen LogP contribution in [0.2, 0.25) is 5.02 Å². The van der Waals surface area contributed by atoms with E-state index >= 15 is 0 Å². The molecule has 168 valence electrons. The summed E-state index contributed by atoms with van der Waals surface area (Å²) in [6.45, 7) is 0. The van der Waals surface area contributed by atoms with Crippen LogP contribution in [0.4, 0.5) is 24.5 Å². The van der Waals surface area contributed by atoms with Crippen molar-refractivity contribution in [2.75, 3.05) is 10.6 Å². The Hall–Kier alpha value is -3.25. The van der Waals surface area contributed by atoms with Crippen molar-refractivity contribution in [3.63, 3.8) is 0 Å². The largest absolute Gasteiger partial charge is 0.416 e. The van der Waals surface area contributed by atoms with Crippen molar-refractivity contribution in [2.24, 2.45) is 0 Å². The highest BCUT2D eigenvalue weighted by atomic mass is 35.5. The van der Waals surface area contributed by atoms with Crippen LogP contribution >= 0.6 is 11.6 Å². The number of alkyl halides is 3. The number of benzene rings is 3. The van der Waals surface area contributed by atoms with Gasteiger partial charge in [0.25, 0.3) is 0 Å². The molecule has 5 rings (SSSR count). The zero-order chi connectivity index (χ0) is 23.2. The maximum Gasteiger partial charge on any atom is 0.416 e. The van der Waals surface area contributed by atoms with Gasteiger partial charge in [0.05, 0.1) is 23.0 Å². The first-order valence-electron chi connectivity index (χ1n) is 10.6. The molecule has 0 spiro atoms. The highest BCUT2D eigenvalue weighted by Crippen LogP contribution is 2.45. The van der Waals surface area contributed by atoms with Gasteiger partial charge in [0.15, 0.2) is 5.78 Å². The van der Waals surface area contributed by atoms with Crippen LogP contribution in [-0.2, 0) is 11.0 Å². The predicted octanol–water partition coefficient (Wildman–Crippen LogP) is 7.34. The molecule has 33 heavy (non-hydrogen) atoms. The third kappa shape index (κ3) is 4.11.